The van der Waals surface area contributed by atoms with Gasteiger partial charge in [-0.15, -0.1) is 0 Å². The topological polar surface area (TPSA) is 9.23 Å². The molecule has 0 bridgehead atoms. The smallest absolute Gasteiger partial charge is 0.178 e. The first-order chi connectivity index (χ1) is 9.24. The van der Waals surface area contributed by atoms with E-state index in [1.807, 2.05) is 0 Å². The Labute approximate surface area is 126 Å². The standard InChI is InChI=1S/C16H38OSi2/c1-5-9-10-11-12-13-14-15-16-18-17-19(6-2,7-3)8-4/h5-16,18H2,1-4H3. The Bertz CT molecular complexity index is 173. The lowest BCUT2D eigenvalue weighted by atomic mass is 10.1. The Morgan fingerprint density at radius 2 is 1.16 bits per heavy atom. The first-order valence-corrected chi connectivity index (χ1v) is 13.0. The second kappa shape index (κ2) is 13.4. The quantitative estimate of drug-likeness (QED) is 0.297. The number of hydrogen-bond donors (Lipinski definition) is 0. The largest absolute Gasteiger partial charge is 0.460 e. The Morgan fingerprint density at radius 3 is 1.63 bits per heavy atom. The molecule has 0 fully saturated rings. The highest BCUT2D eigenvalue weighted by atomic mass is 28.4. The van der Waals surface area contributed by atoms with Crippen molar-refractivity contribution in [1.82, 2.24) is 0 Å². The molecule has 0 rings (SSSR count). The van der Waals surface area contributed by atoms with E-state index in [-0.39, 0.29) is 9.76 Å². The summed E-state index contributed by atoms with van der Waals surface area (Å²) in [5.41, 5.74) is 0. The van der Waals surface area contributed by atoms with Crippen molar-refractivity contribution < 1.29 is 4.12 Å². The van der Waals surface area contributed by atoms with Crippen molar-refractivity contribution in [2.75, 3.05) is 0 Å². The van der Waals surface area contributed by atoms with E-state index in [1.165, 1.54) is 75.5 Å². The number of rotatable bonds is 14. The monoisotopic (exact) mass is 302 g/mol. The zero-order valence-corrected chi connectivity index (χ0v) is 16.5. The van der Waals surface area contributed by atoms with E-state index < -0.39 is 8.32 Å². The summed E-state index contributed by atoms with van der Waals surface area (Å²) in [6, 6.07) is 5.39. The van der Waals surface area contributed by atoms with E-state index in [1.54, 1.807) is 0 Å². The van der Waals surface area contributed by atoms with Crippen LogP contribution in [0.4, 0.5) is 0 Å². The molecule has 0 saturated heterocycles. The molecule has 0 spiro atoms. The molecule has 0 aromatic carbocycles. The lowest BCUT2D eigenvalue weighted by Crippen LogP contribution is -2.37. The highest BCUT2D eigenvalue weighted by molar-refractivity contribution is 6.77. The molecule has 0 N–H and O–H groups in total. The fourth-order valence-corrected chi connectivity index (χ4v) is 9.57. The summed E-state index contributed by atoms with van der Waals surface area (Å²) in [5, 5.41) is 0. The summed E-state index contributed by atoms with van der Waals surface area (Å²) < 4.78 is 6.41. The minimum atomic E-state index is -1.25. The SMILES string of the molecule is CCCCCCCCCC[SiH2]O[Si](CC)(CC)CC. The summed E-state index contributed by atoms with van der Waals surface area (Å²) in [6.45, 7) is 9.30. The highest BCUT2D eigenvalue weighted by Gasteiger charge is 2.27. The van der Waals surface area contributed by atoms with Crippen LogP contribution in [0.2, 0.25) is 24.2 Å². The molecule has 0 aromatic rings. The van der Waals surface area contributed by atoms with Gasteiger partial charge in [0, 0.05) is 0 Å². The van der Waals surface area contributed by atoms with Gasteiger partial charge in [-0.25, -0.2) is 0 Å². The lowest BCUT2D eigenvalue weighted by molar-refractivity contribution is 0.551. The first kappa shape index (κ1) is 19.4. The van der Waals surface area contributed by atoms with Gasteiger partial charge < -0.3 is 4.12 Å². The maximum Gasteiger partial charge on any atom is 0.178 e. The Morgan fingerprint density at radius 1 is 0.684 bits per heavy atom. The minimum absolute atomic E-state index is 0.212. The Hall–Kier alpha value is 0.394. The molecule has 0 aliphatic rings. The van der Waals surface area contributed by atoms with Gasteiger partial charge in [0.15, 0.2) is 8.32 Å². The van der Waals surface area contributed by atoms with Crippen LogP contribution >= 0.6 is 0 Å². The maximum absolute atomic E-state index is 6.41. The van der Waals surface area contributed by atoms with Crippen LogP contribution in [-0.2, 0) is 4.12 Å². The molecule has 1 nitrogen and oxygen atoms in total. The van der Waals surface area contributed by atoms with Crippen molar-refractivity contribution in [3.8, 4) is 0 Å². The van der Waals surface area contributed by atoms with Crippen molar-refractivity contribution >= 4 is 18.1 Å². The summed E-state index contributed by atoms with van der Waals surface area (Å²) >= 11 is 0. The number of hydrogen-bond acceptors (Lipinski definition) is 1. The average molecular weight is 303 g/mol. The predicted octanol–water partition coefficient (Wildman–Crippen LogP) is 5.65. The minimum Gasteiger partial charge on any atom is -0.460 e. The zero-order valence-electron chi connectivity index (χ0n) is 14.1. The fraction of sp³-hybridized carbons (Fsp3) is 1.00. The van der Waals surface area contributed by atoms with E-state index in [4.69, 9.17) is 4.12 Å². The van der Waals surface area contributed by atoms with Crippen LogP contribution in [-0.4, -0.2) is 18.1 Å². The molecule has 0 saturated carbocycles. The lowest BCUT2D eigenvalue weighted by Gasteiger charge is -2.28. The zero-order chi connectivity index (χ0) is 14.4. The van der Waals surface area contributed by atoms with Crippen molar-refractivity contribution in [3.63, 3.8) is 0 Å². The second-order valence-electron chi connectivity index (χ2n) is 5.92. The summed E-state index contributed by atoms with van der Waals surface area (Å²) in [6.07, 6.45) is 11.5. The van der Waals surface area contributed by atoms with Gasteiger partial charge in [-0.2, -0.15) is 0 Å². The second-order valence-corrected chi connectivity index (χ2v) is 12.7. The van der Waals surface area contributed by atoms with E-state index >= 15 is 0 Å². The van der Waals surface area contributed by atoms with Gasteiger partial charge in [-0.05, 0) is 24.2 Å². The first-order valence-electron chi connectivity index (χ1n) is 8.88. The van der Waals surface area contributed by atoms with Crippen LogP contribution in [0.25, 0.3) is 0 Å². The van der Waals surface area contributed by atoms with Crippen LogP contribution in [0.1, 0.15) is 79.1 Å². The Balaban J connectivity index is 3.35. The fourth-order valence-electron chi connectivity index (χ4n) is 2.76. The van der Waals surface area contributed by atoms with Gasteiger partial charge in [-0.3, -0.25) is 0 Å². The van der Waals surface area contributed by atoms with Gasteiger partial charge in [0.1, 0.15) is 9.76 Å². The molecule has 0 aliphatic heterocycles. The van der Waals surface area contributed by atoms with E-state index in [2.05, 4.69) is 27.7 Å². The average Bonchev–Trinajstić information content (AvgIpc) is 2.46. The van der Waals surface area contributed by atoms with Crippen molar-refractivity contribution in [2.24, 2.45) is 0 Å². The Kier molecular flexibility index (Phi) is 13.7. The summed E-state index contributed by atoms with van der Waals surface area (Å²) in [7, 11) is -1.46. The molecule has 0 heterocycles. The highest BCUT2D eigenvalue weighted by Crippen LogP contribution is 2.21. The maximum atomic E-state index is 6.41. The molecule has 0 atom stereocenters. The van der Waals surface area contributed by atoms with Crippen LogP contribution in [0.5, 0.6) is 0 Å². The third-order valence-electron chi connectivity index (χ3n) is 4.59. The van der Waals surface area contributed by atoms with Gasteiger partial charge in [-0.1, -0.05) is 79.1 Å². The summed E-state index contributed by atoms with van der Waals surface area (Å²) in [5.74, 6) is 0. The van der Waals surface area contributed by atoms with E-state index in [9.17, 15) is 0 Å². The third kappa shape index (κ3) is 9.86. The van der Waals surface area contributed by atoms with Gasteiger partial charge in [0.2, 0.25) is 0 Å². The van der Waals surface area contributed by atoms with Crippen LogP contribution in [0, 0.1) is 0 Å². The summed E-state index contributed by atoms with van der Waals surface area (Å²) in [4.78, 5) is 0. The van der Waals surface area contributed by atoms with Crippen molar-refractivity contribution in [2.45, 2.75) is 103 Å². The molecule has 0 radical (unpaired) electrons. The van der Waals surface area contributed by atoms with E-state index in [0.29, 0.717) is 0 Å². The molecular formula is C16H38OSi2. The van der Waals surface area contributed by atoms with Gasteiger partial charge in [0.05, 0.1) is 0 Å². The van der Waals surface area contributed by atoms with Crippen LogP contribution in [0.15, 0.2) is 0 Å². The van der Waals surface area contributed by atoms with E-state index in [0.717, 1.165) is 0 Å². The van der Waals surface area contributed by atoms with Gasteiger partial charge in [0.25, 0.3) is 0 Å². The molecular weight excluding hydrogens is 264 g/mol. The molecule has 0 unspecified atom stereocenters. The molecule has 0 aliphatic carbocycles. The van der Waals surface area contributed by atoms with Crippen molar-refractivity contribution in [1.29, 1.82) is 0 Å². The predicted molar refractivity (Wildman–Crippen MR) is 94.2 cm³/mol. The molecule has 116 valence electrons. The molecule has 0 amide bonds. The third-order valence-corrected chi connectivity index (χ3v) is 12.5. The normalized spacial score (nSPS) is 12.6. The number of unbranched alkanes of at least 4 members (excludes halogenated alkanes) is 7. The molecule has 0 aromatic heterocycles. The van der Waals surface area contributed by atoms with Crippen LogP contribution in [0.3, 0.4) is 0 Å². The van der Waals surface area contributed by atoms with Gasteiger partial charge >= 0.3 is 0 Å². The van der Waals surface area contributed by atoms with Crippen LogP contribution < -0.4 is 0 Å². The molecule has 19 heavy (non-hydrogen) atoms. The van der Waals surface area contributed by atoms with Crippen molar-refractivity contribution in [3.05, 3.63) is 0 Å². The molecule has 3 heteroatoms.